The van der Waals surface area contributed by atoms with Crippen LogP contribution in [0, 0.1) is 0 Å². The Labute approximate surface area is 118 Å². The molecule has 20 heavy (non-hydrogen) atoms. The zero-order valence-electron chi connectivity index (χ0n) is 11.5. The summed E-state index contributed by atoms with van der Waals surface area (Å²) in [5.41, 5.74) is -0.446. The van der Waals surface area contributed by atoms with Gasteiger partial charge in [0, 0.05) is 12.6 Å². The van der Waals surface area contributed by atoms with E-state index >= 15 is 0 Å². The minimum Gasteiger partial charge on any atom is -0.367 e. The molecule has 0 bridgehead atoms. The minimum atomic E-state index is -2.87. The van der Waals surface area contributed by atoms with E-state index < -0.39 is 15.4 Å². The van der Waals surface area contributed by atoms with Crippen molar-refractivity contribution in [2.45, 2.75) is 44.4 Å². The Morgan fingerprint density at radius 3 is 3.00 bits per heavy atom. The Morgan fingerprint density at radius 2 is 2.35 bits per heavy atom. The Hall–Kier alpha value is -0.990. The van der Waals surface area contributed by atoms with Crippen LogP contribution in [0.2, 0.25) is 0 Å². The molecule has 112 valence electrons. The first-order valence-electron chi connectivity index (χ1n) is 6.88. The SMILES string of the molecule is CC1(c2noc(CNC3CCS(=O)(=O)C3)n2)CCCO1. The molecule has 0 radical (unpaired) electrons. The van der Waals surface area contributed by atoms with Crippen molar-refractivity contribution in [3.63, 3.8) is 0 Å². The molecule has 0 aromatic carbocycles. The van der Waals surface area contributed by atoms with Crippen molar-refractivity contribution in [2.75, 3.05) is 18.1 Å². The van der Waals surface area contributed by atoms with Crippen molar-refractivity contribution in [2.24, 2.45) is 0 Å². The van der Waals surface area contributed by atoms with Crippen LogP contribution < -0.4 is 5.32 Å². The smallest absolute Gasteiger partial charge is 0.240 e. The van der Waals surface area contributed by atoms with Gasteiger partial charge in [0.2, 0.25) is 11.7 Å². The molecule has 2 fully saturated rings. The molecular weight excluding hydrogens is 282 g/mol. The molecule has 2 unspecified atom stereocenters. The van der Waals surface area contributed by atoms with Crippen LogP contribution in [0.4, 0.5) is 0 Å². The van der Waals surface area contributed by atoms with Gasteiger partial charge in [-0.25, -0.2) is 8.42 Å². The predicted octanol–water partition coefficient (Wildman–Crippen LogP) is 0.372. The Kier molecular flexibility index (Phi) is 3.55. The van der Waals surface area contributed by atoms with Gasteiger partial charge in [-0.15, -0.1) is 0 Å². The van der Waals surface area contributed by atoms with Crippen LogP contribution in [0.3, 0.4) is 0 Å². The second-order valence-electron chi connectivity index (χ2n) is 5.68. The zero-order valence-corrected chi connectivity index (χ0v) is 12.3. The van der Waals surface area contributed by atoms with Gasteiger partial charge >= 0.3 is 0 Å². The van der Waals surface area contributed by atoms with E-state index in [-0.39, 0.29) is 17.5 Å². The summed E-state index contributed by atoms with van der Waals surface area (Å²) in [6.07, 6.45) is 2.53. The molecule has 2 saturated heterocycles. The highest BCUT2D eigenvalue weighted by Gasteiger charge is 2.36. The maximum atomic E-state index is 11.4. The summed E-state index contributed by atoms with van der Waals surface area (Å²) in [4.78, 5) is 4.35. The summed E-state index contributed by atoms with van der Waals surface area (Å²) in [5, 5.41) is 7.13. The monoisotopic (exact) mass is 301 g/mol. The molecule has 0 saturated carbocycles. The number of ether oxygens (including phenoxy) is 1. The fourth-order valence-electron chi connectivity index (χ4n) is 2.68. The van der Waals surface area contributed by atoms with E-state index in [1.165, 1.54) is 0 Å². The van der Waals surface area contributed by atoms with Gasteiger partial charge in [0.15, 0.2) is 9.84 Å². The molecule has 2 aliphatic rings. The second kappa shape index (κ2) is 5.09. The third kappa shape index (κ3) is 2.87. The topological polar surface area (TPSA) is 94.3 Å². The summed E-state index contributed by atoms with van der Waals surface area (Å²) in [5.74, 6) is 1.49. The normalized spacial score (nSPS) is 32.8. The third-order valence-electron chi connectivity index (χ3n) is 3.93. The van der Waals surface area contributed by atoms with Gasteiger partial charge < -0.3 is 14.6 Å². The predicted molar refractivity (Wildman–Crippen MR) is 70.7 cm³/mol. The fraction of sp³-hybridized carbons (Fsp3) is 0.833. The highest BCUT2D eigenvalue weighted by atomic mass is 32.2. The summed E-state index contributed by atoms with van der Waals surface area (Å²) >= 11 is 0. The molecule has 3 rings (SSSR count). The van der Waals surface area contributed by atoms with Gasteiger partial charge in [0.05, 0.1) is 18.1 Å². The molecule has 2 aliphatic heterocycles. The number of aromatic nitrogens is 2. The van der Waals surface area contributed by atoms with Crippen LogP contribution in [0.1, 0.15) is 37.9 Å². The molecule has 8 heteroatoms. The second-order valence-corrected chi connectivity index (χ2v) is 7.90. The van der Waals surface area contributed by atoms with Crippen LogP contribution in [0.15, 0.2) is 4.52 Å². The number of nitrogens with zero attached hydrogens (tertiary/aromatic N) is 2. The van der Waals surface area contributed by atoms with Gasteiger partial charge in [-0.2, -0.15) is 4.98 Å². The Bertz CT molecular complexity index is 577. The number of sulfone groups is 1. The number of hydrogen-bond acceptors (Lipinski definition) is 7. The first kappa shape index (κ1) is 14.0. The van der Waals surface area contributed by atoms with E-state index in [0.717, 1.165) is 19.4 Å². The van der Waals surface area contributed by atoms with Gasteiger partial charge in [-0.05, 0) is 26.2 Å². The van der Waals surface area contributed by atoms with Crippen LogP contribution >= 0.6 is 0 Å². The Balaban J connectivity index is 1.58. The molecule has 3 heterocycles. The van der Waals surface area contributed by atoms with Gasteiger partial charge in [0.1, 0.15) is 5.60 Å². The maximum Gasteiger partial charge on any atom is 0.240 e. The van der Waals surface area contributed by atoms with Gasteiger partial charge in [-0.3, -0.25) is 0 Å². The summed E-state index contributed by atoms with van der Waals surface area (Å²) < 4.78 is 33.6. The van der Waals surface area contributed by atoms with Crippen LogP contribution in [0.5, 0.6) is 0 Å². The van der Waals surface area contributed by atoms with E-state index in [0.29, 0.717) is 24.7 Å². The first-order chi connectivity index (χ1) is 9.47. The minimum absolute atomic E-state index is 0.0198. The lowest BCUT2D eigenvalue weighted by Crippen LogP contribution is -2.29. The van der Waals surface area contributed by atoms with Crippen molar-refractivity contribution in [1.29, 1.82) is 0 Å². The molecular formula is C12H19N3O4S. The highest BCUT2D eigenvalue weighted by molar-refractivity contribution is 7.91. The molecule has 1 aromatic heterocycles. The van der Waals surface area contributed by atoms with E-state index in [2.05, 4.69) is 15.5 Å². The molecule has 0 amide bonds. The number of nitrogens with one attached hydrogen (secondary N) is 1. The molecule has 2 atom stereocenters. The number of rotatable bonds is 4. The average Bonchev–Trinajstić information content (AvgIpc) is 3.07. The van der Waals surface area contributed by atoms with Gasteiger partial charge in [0.25, 0.3) is 0 Å². The van der Waals surface area contributed by atoms with E-state index in [4.69, 9.17) is 9.26 Å². The number of hydrogen-bond donors (Lipinski definition) is 1. The quantitative estimate of drug-likeness (QED) is 0.858. The highest BCUT2D eigenvalue weighted by Crippen LogP contribution is 2.33. The van der Waals surface area contributed by atoms with Crippen molar-refractivity contribution in [3.05, 3.63) is 11.7 Å². The van der Waals surface area contributed by atoms with E-state index in [1.807, 2.05) is 6.92 Å². The van der Waals surface area contributed by atoms with Crippen LogP contribution in [0.25, 0.3) is 0 Å². The van der Waals surface area contributed by atoms with Crippen molar-refractivity contribution in [3.8, 4) is 0 Å². The summed E-state index contributed by atoms with van der Waals surface area (Å²) in [6.45, 7) is 3.08. The van der Waals surface area contributed by atoms with E-state index in [9.17, 15) is 8.42 Å². The summed E-state index contributed by atoms with van der Waals surface area (Å²) in [7, 11) is -2.87. The standard InChI is InChI=1S/C12H19N3O4S/c1-12(4-2-5-18-12)11-14-10(19-15-11)7-13-9-3-6-20(16,17)8-9/h9,13H,2-8H2,1H3. The van der Waals surface area contributed by atoms with Crippen LogP contribution in [-0.2, 0) is 26.7 Å². The zero-order chi connectivity index (χ0) is 14.2. The lowest BCUT2D eigenvalue weighted by Gasteiger charge is -2.17. The largest absolute Gasteiger partial charge is 0.367 e. The van der Waals surface area contributed by atoms with E-state index in [1.54, 1.807) is 0 Å². The Morgan fingerprint density at radius 1 is 1.50 bits per heavy atom. The lowest BCUT2D eigenvalue weighted by molar-refractivity contribution is 0.00768. The van der Waals surface area contributed by atoms with Crippen LogP contribution in [-0.4, -0.2) is 42.7 Å². The molecule has 7 nitrogen and oxygen atoms in total. The van der Waals surface area contributed by atoms with Crippen molar-refractivity contribution in [1.82, 2.24) is 15.5 Å². The fourth-order valence-corrected chi connectivity index (χ4v) is 4.39. The van der Waals surface area contributed by atoms with Crippen molar-refractivity contribution < 1.29 is 17.7 Å². The first-order valence-corrected chi connectivity index (χ1v) is 8.70. The maximum absolute atomic E-state index is 11.4. The molecule has 0 aliphatic carbocycles. The molecule has 1 aromatic rings. The third-order valence-corrected chi connectivity index (χ3v) is 5.70. The van der Waals surface area contributed by atoms with Crippen molar-refractivity contribution >= 4 is 9.84 Å². The molecule has 0 spiro atoms. The van der Waals surface area contributed by atoms with Gasteiger partial charge in [-0.1, -0.05) is 5.16 Å². The average molecular weight is 301 g/mol. The summed E-state index contributed by atoms with van der Waals surface area (Å²) in [6, 6.07) is -0.0198. The lowest BCUT2D eigenvalue weighted by atomic mass is 10.0. The molecule has 1 N–H and O–H groups in total.